The van der Waals surface area contributed by atoms with Gasteiger partial charge in [-0.05, 0) is 49.1 Å². The highest BCUT2D eigenvalue weighted by Gasteiger charge is 2.32. The van der Waals surface area contributed by atoms with E-state index in [2.05, 4.69) is 10.6 Å². The van der Waals surface area contributed by atoms with Gasteiger partial charge < -0.3 is 20.0 Å². The maximum Gasteiger partial charge on any atom is 0.287 e. The first-order chi connectivity index (χ1) is 16.0. The molecule has 1 aromatic heterocycles. The molecule has 0 saturated heterocycles. The molecule has 1 aliphatic rings. The first kappa shape index (κ1) is 24.5. The van der Waals surface area contributed by atoms with E-state index in [-0.39, 0.29) is 24.3 Å². The van der Waals surface area contributed by atoms with E-state index >= 15 is 0 Å². The molecule has 1 aliphatic carbocycles. The van der Waals surface area contributed by atoms with E-state index in [9.17, 15) is 18.8 Å². The lowest BCUT2D eigenvalue weighted by Crippen LogP contribution is -2.49. The molecule has 7 nitrogen and oxygen atoms in total. The fraction of sp³-hybridized carbons (Fsp3) is 0.480. The highest BCUT2D eigenvalue weighted by molar-refractivity contribution is 5.95. The van der Waals surface area contributed by atoms with Gasteiger partial charge in [-0.2, -0.15) is 0 Å². The second-order valence-corrected chi connectivity index (χ2v) is 8.40. The van der Waals surface area contributed by atoms with Gasteiger partial charge in [0.15, 0.2) is 5.76 Å². The zero-order valence-corrected chi connectivity index (χ0v) is 19.0. The van der Waals surface area contributed by atoms with Crippen LogP contribution in [0.2, 0.25) is 0 Å². The molecule has 2 aromatic rings. The fourth-order valence-corrected chi connectivity index (χ4v) is 4.12. The van der Waals surface area contributed by atoms with E-state index in [1.54, 1.807) is 6.07 Å². The minimum Gasteiger partial charge on any atom is -0.459 e. The summed E-state index contributed by atoms with van der Waals surface area (Å²) in [6.45, 7) is 2.06. The van der Waals surface area contributed by atoms with E-state index in [4.69, 9.17) is 4.42 Å². The van der Waals surface area contributed by atoms with Crippen LogP contribution < -0.4 is 10.6 Å². The summed E-state index contributed by atoms with van der Waals surface area (Å²) in [5, 5.41) is 5.66. The monoisotopic (exact) mass is 457 g/mol. The normalized spacial score (nSPS) is 15.0. The van der Waals surface area contributed by atoms with E-state index in [1.165, 1.54) is 41.5 Å². The molecule has 1 heterocycles. The topological polar surface area (TPSA) is 91.7 Å². The van der Waals surface area contributed by atoms with Gasteiger partial charge in [-0.15, -0.1) is 0 Å². The van der Waals surface area contributed by atoms with Crippen LogP contribution in [-0.4, -0.2) is 41.8 Å². The zero-order valence-electron chi connectivity index (χ0n) is 19.0. The molecule has 0 spiro atoms. The second-order valence-electron chi connectivity index (χ2n) is 8.40. The molecule has 3 rings (SSSR count). The average Bonchev–Trinajstić information content (AvgIpc) is 3.36. The maximum atomic E-state index is 13.6. The summed E-state index contributed by atoms with van der Waals surface area (Å²) in [4.78, 5) is 40.4. The Kier molecular flexibility index (Phi) is 9.04. The summed E-state index contributed by atoms with van der Waals surface area (Å²) in [6.07, 6.45) is 7.98. The number of carbonyl (C=O) groups is 3. The molecule has 1 unspecified atom stereocenters. The average molecular weight is 458 g/mol. The lowest BCUT2D eigenvalue weighted by molar-refractivity contribution is -0.140. The Morgan fingerprint density at radius 2 is 1.85 bits per heavy atom. The molecule has 8 heteroatoms. The molecular formula is C25H32FN3O4. The van der Waals surface area contributed by atoms with Crippen LogP contribution in [0, 0.1) is 5.82 Å². The van der Waals surface area contributed by atoms with Crippen LogP contribution in [0.5, 0.6) is 0 Å². The third kappa shape index (κ3) is 6.91. The van der Waals surface area contributed by atoms with Crippen molar-refractivity contribution in [1.82, 2.24) is 15.5 Å². The number of carbonyl (C=O) groups excluding carboxylic acids is 3. The third-order valence-electron chi connectivity index (χ3n) is 5.92. The van der Waals surface area contributed by atoms with Crippen molar-refractivity contribution >= 4 is 17.7 Å². The minimum absolute atomic E-state index is 0.0657. The highest BCUT2D eigenvalue weighted by atomic mass is 19.1. The van der Waals surface area contributed by atoms with E-state index in [0.717, 1.165) is 38.5 Å². The van der Waals surface area contributed by atoms with Crippen molar-refractivity contribution in [2.45, 2.75) is 64.0 Å². The summed E-state index contributed by atoms with van der Waals surface area (Å²) < 4.78 is 18.7. The summed E-state index contributed by atoms with van der Waals surface area (Å²) in [7, 11) is 0. The van der Waals surface area contributed by atoms with Gasteiger partial charge >= 0.3 is 0 Å². The minimum atomic E-state index is -0.910. The predicted molar refractivity (Wildman–Crippen MR) is 122 cm³/mol. The lowest BCUT2D eigenvalue weighted by atomic mass is 9.94. The van der Waals surface area contributed by atoms with Crippen molar-refractivity contribution in [3.05, 3.63) is 59.8 Å². The number of hydrogen-bond acceptors (Lipinski definition) is 4. The molecule has 0 bridgehead atoms. The molecule has 1 atom stereocenters. The lowest BCUT2D eigenvalue weighted by Gasteiger charge is -2.33. The van der Waals surface area contributed by atoms with Gasteiger partial charge in [-0.25, -0.2) is 4.39 Å². The first-order valence-electron chi connectivity index (χ1n) is 11.7. The molecule has 1 saturated carbocycles. The predicted octanol–water partition coefficient (Wildman–Crippen LogP) is 3.97. The first-order valence-corrected chi connectivity index (χ1v) is 11.7. The van der Waals surface area contributed by atoms with Crippen molar-refractivity contribution in [3.8, 4) is 0 Å². The van der Waals surface area contributed by atoms with Gasteiger partial charge in [-0.1, -0.05) is 44.7 Å². The smallest absolute Gasteiger partial charge is 0.287 e. The molecule has 1 aromatic carbocycles. The number of nitrogens with one attached hydrogen (secondary N) is 2. The Morgan fingerprint density at radius 3 is 2.48 bits per heavy atom. The SMILES string of the molecule is CCCCN(C(=O)CNC(=O)c1ccco1)C(C(=O)NC1CCCCC1)c1ccc(F)cc1. The number of nitrogens with zero attached hydrogens (tertiary/aromatic N) is 1. The Morgan fingerprint density at radius 1 is 1.12 bits per heavy atom. The van der Waals surface area contributed by atoms with Crippen LogP contribution in [0.1, 0.15) is 74.0 Å². The van der Waals surface area contributed by atoms with Crippen LogP contribution in [0.25, 0.3) is 0 Å². The Bertz CT molecular complexity index is 908. The molecule has 2 N–H and O–H groups in total. The highest BCUT2D eigenvalue weighted by Crippen LogP contribution is 2.25. The van der Waals surface area contributed by atoms with Crippen LogP contribution >= 0.6 is 0 Å². The van der Waals surface area contributed by atoms with Crippen molar-refractivity contribution < 1.29 is 23.2 Å². The molecule has 3 amide bonds. The summed E-state index contributed by atoms with van der Waals surface area (Å²) in [5.74, 6) is -1.49. The van der Waals surface area contributed by atoms with Gasteiger partial charge in [-0.3, -0.25) is 14.4 Å². The summed E-state index contributed by atoms with van der Waals surface area (Å²) >= 11 is 0. The van der Waals surface area contributed by atoms with Crippen molar-refractivity contribution in [3.63, 3.8) is 0 Å². The Balaban J connectivity index is 1.81. The molecular weight excluding hydrogens is 425 g/mol. The van der Waals surface area contributed by atoms with Crippen LogP contribution in [0.3, 0.4) is 0 Å². The number of furan rings is 1. The number of rotatable bonds is 10. The largest absolute Gasteiger partial charge is 0.459 e. The maximum absolute atomic E-state index is 13.6. The third-order valence-corrected chi connectivity index (χ3v) is 5.92. The number of unbranched alkanes of at least 4 members (excludes halogenated alkanes) is 1. The second kappa shape index (κ2) is 12.2. The number of hydrogen-bond donors (Lipinski definition) is 2. The molecule has 33 heavy (non-hydrogen) atoms. The van der Waals surface area contributed by atoms with Gasteiger partial charge in [0.2, 0.25) is 11.8 Å². The van der Waals surface area contributed by atoms with Crippen LogP contribution in [-0.2, 0) is 9.59 Å². The molecule has 0 radical (unpaired) electrons. The van der Waals surface area contributed by atoms with E-state index < -0.39 is 23.7 Å². The van der Waals surface area contributed by atoms with Gasteiger partial charge in [0.25, 0.3) is 5.91 Å². The Hall–Kier alpha value is -3.16. The number of halogens is 1. The number of benzene rings is 1. The van der Waals surface area contributed by atoms with Crippen LogP contribution in [0.15, 0.2) is 47.1 Å². The van der Waals surface area contributed by atoms with Gasteiger partial charge in [0.1, 0.15) is 11.9 Å². The quantitative estimate of drug-likeness (QED) is 0.565. The summed E-state index contributed by atoms with van der Waals surface area (Å²) in [6, 6.07) is 7.90. The van der Waals surface area contributed by atoms with E-state index in [0.29, 0.717) is 18.5 Å². The van der Waals surface area contributed by atoms with Gasteiger partial charge in [0.05, 0.1) is 12.8 Å². The van der Waals surface area contributed by atoms with Crippen LogP contribution in [0.4, 0.5) is 4.39 Å². The zero-order chi connectivity index (χ0) is 23.6. The molecule has 1 fully saturated rings. The van der Waals surface area contributed by atoms with E-state index in [1.807, 2.05) is 6.92 Å². The standard InChI is InChI=1S/C25H32FN3O4/c1-2-3-15-29(22(30)17-27-24(31)21-10-7-16-33-21)23(18-11-13-19(26)14-12-18)25(32)28-20-8-5-4-6-9-20/h7,10-14,16,20,23H,2-6,8-9,15,17H2,1H3,(H,27,31)(H,28,32). The van der Waals surface area contributed by atoms with Crippen molar-refractivity contribution in [2.75, 3.05) is 13.1 Å². The molecule has 0 aliphatic heterocycles. The number of amides is 3. The van der Waals surface area contributed by atoms with Gasteiger partial charge in [0, 0.05) is 12.6 Å². The molecule has 178 valence electrons. The van der Waals surface area contributed by atoms with Crippen molar-refractivity contribution in [1.29, 1.82) is 0 Å². The van der Waals surface area contributed by atoms with Crippen molar-refractivity contribution in [2.24, 2.45) is 0 Å². The fourth-order valence-electron chi connectivity index (χ4n) is 4.12. The Labute approximate surface area is 193 Å². The summed E-state index contributed by atoms with van der Waals surface area (Å²) in [5.41, 5.74) is 0.534.